The summed E-state index contributed by atoms with van der Waals surface area (Å²) in [5.74, 6) is 0.652. The minimum absolute atomic E-state index is 0.134. The molecule has 5 nitrogen and oxygen atoms in total. The number of hydrogen-bond acceptors (Lipinski definition) is 5. The fourth-order valence-corrected chi connectivity index (χ4v) is 6.46. The van der Waals surface area contributed by atoms with Gasteiger partial charge in [0.15, 0.2) is 11.6 Å². The van der Waals surface area contributed by atoms with Crippen molar-refractivity contribution in [2.45, 2.75) is 79.1 Å². The molecule has 1 aliphatic heterocycles. The number of nitrogens with zero attached hydrogens (tertiary/aromatic N) is 1. The van der Waals surface area contributed by atoms with Gasteiger partial charge < -0.3 is 14.4 Å². The maximum Gasteiger partial charge on any atom is 0.162 e. The van der Waals surface area contributed by atoms with E-state index in [0.717, 1.165) is 70.6 Å². The minimum atomic E-state index is -0.398. The fourth-order valence-electron chi connectivity index (χ4n) is 6.08. The van der Waals surface area contributed by atoms with Gasteiger partial charge in [0.2, 0.25) is 0 Å². The normalized spacial score (nSPS) is 21.6. The number of halogens is 1. The second-order valence-electron chi connectivity index (χ2n) is 12.1. The van der Waals surface area contributed by atoms with E-state index < -0.39 is 5.92 Å². The summed E-state index contributed by atoms with van der Waals surface area (Å²) in [5.41, 5.74) is 4.40. The molecule has 0 amide bonds. The van der Waals surface area contributed by atoms with E-state index in [-0.39, 0.29) is 22.4 Å². The quantitative estimate of drug-likeness (QED) is 0.323. The van der Waals surface area contributed by atoms with Crippen LogP contribution in [0.2, 0.25) is 0 Å². The van der Waals surface area contributed by atoms with Gasteiger partial charge in [-0.1, -0.05) is 50.5 Å². The first-order valence-electron chi connectivity index (χ1n) is 13.2. The lowest BCUT2D eigenvalue weighted by Crippen LogP contribution is -2.45. The van der Waals surface area contributed by atoms with E-state index in [2.05, 4.69) is 55.4 Å². The largest absolute Gasteiger partial charge is 0.493 e. The van der Waals surface area contributed by atoms with Gasteiger partial charge in [-0.25, -0.2) is 0 Å². The Labute approximate surface area is 224 Å². The lowest BCUT2D eigenvalue weighted by atomic mass is 9.63. The molecule has 196 valence electrons. The third kappa shape index (κ3) is 5.35. The number of allylic oxidation sites excluding steroid dienone is 4. The maximum atomic E-state index is 13.9. The monoisotopic (exact) mass is 557 g/mol. The molecule has 1 aromatic rings. The van der Waals surface area contributed by atoms with Gasteiger partial charge in [-0.3, -0.25) is 9.59 Å². The Bertz CT molecular complexity index is 1060. The molecule has 1 heterocycles. The van der Waals surface area contributed by atoms with Crippen molar-refractivity contribution in [3.8, 4) is 5.75 Å². The zero-order valence-corrected chi connectivity index (χ0v) is 24.2. The molecule has 6 heteroatoms. The predicted molar refractivity (Wildman–Crippen MR) is 146 cm³/mol. The lowest BCUT2D eigenvalue weighted by molar-refractivity contribution is -0.119. The Morgan fingerprint density at radius 2 is 1.53 bits per heavy atom. The van der Waals surface area contributed by atoms with Crippen LogP contribution in [0, 0.1) is 10.8 Å². The first kappa shape index (κ1) is 27.1. The Balaban J connectivity index is 1.98. The molecule has 0 aromatic heterocycles. The molecule has 1 aromatic carbocycles. The van der Waals surface area contributed by atoms with E-state index in [1.54, 1.807) is 7.11 Å². The number of benzene rings is 1. The van der Waals surface area contributed by atoms with E-state index in [1.807, 2.05) is 18.2 Å². The molecule has 0 fully saturated rings. The molecule has 0 saturated heterocycles. The van der Waals surface area contributed by atoms with Gasteiger partial charge in [-0.2, -0.15) is 0 Å². The number of hydrogen-bond donors (Lipinski definition) is 0. The van der Waals surface area contributed by atoms with Crippen LogP contribution in [-0.4, -0.2) is 43.3 Å². The maximum absolute atomic E-state index is 13.9. The van der Waals surface area contributed by atoms with Crippen molar-refractivity contribution in [3.05, 3.63) is 50.8 Å². The number of carbonyl (C=O) groups excluding carboxylic acids is 2. The zero-order valence-electron chi connectivity index (χ0n) is 22.6. The van der Waals surface area contributed by atoms with E-state index >= 15 is 0 Å². The van der Waals surface area contributed by atoms with Crippen molar-refractivity contribution in [1.29, 1.82) is 0 Å². The molecule has 0 unspecified atom stereocenters. The van der Waals surface area contributed by atoms with E-state index in [4.69, 9.17) is 9.47 Å². The van der Waals surface area contributed by atoms with Crippen LogP contribution >= 0.6 is 15.9 Å². The first-order valence-corrected chi connectivity index (χ1v) is 14.0. The van der Waals surface area contributed by atoms with Crippen molar-refractivity contribution >= 4 is 27.5 Å². The molecule has 0 saturated carbocycles. The molecule has 4 rings (SSSR count). The molecular weight excluding hydrogens is 518 g/mol. The van der Waals surface area contributed by atoms with Crippen LogP contribution in [0.1, 0.15) is 84.6 Å². The van der Waals surface area contributed by atoms with Crippen LogP contribution in [0.3, 0.4) is 0 Å². The summed E-state index contributed by atoms with van der Waals surface area (Å²) >= 11 is 3.65. The zero-order chi connectivity index (χ0) is 26.3. The van der Waals surface area contributed by atoms with Gasteiger partial charge in [0.25, 0.3) is 0 Å². The summed E-state index contributed by atoms with van der Waals surface area (Å²) < 4.78 is 12.5. The van der Waals surface area contributed by atoms with Crippen molar-refractivity contribution < 1.29 is 19.1 Å². The SMILES string of the molecule is CCCOc1ccc(Br)cc1C1C2=C(CC(C)(C)CC2=O)N(CCCOC)C2=C1C(=O)CC(C)(C)C2. The predicted octanol–water partition coefficient (Wildman–Crippen LogP) is 6.96. The summed E-state index contributed by atoms with van der Waals surface area (Å²) in [6.07, 6.45) is 4.30. The van der Waals surface area contributed by atoms with E-state index in [9.17, 15) is 9.59 Å². The molecule has 0 spiro atoms. The lowest BCUT2D eigenvalue weighted by Gasteiger charge is -2.49. The third-order valence-corrected chi connectivity index (χ3v) is 7.99. The molecule has 3 aliphatic rings. The summed E-state index contributed by atoms with van der Waals surface area (Å²) in [5, 5.41) is 0. The Kier molecular flexibility index (Phi) is 7.87. The van der Waals surface area contributed by atoms with Crippen LogP contribution in [0.5, 0.6) is 5.75 Å². The van der Waals surface area contributed by atoms with Gasteiger partial charge in [0, 0.05) is 71.6 Å². The van der Waals surface area contributed by atoms with Crippen molar-refractivity contribution in [3.63, 3.8) is 0 Å². The number of rotatable bonds is 8. The van der Waals surface area contributed by atoms with E-state index in [1.165, 1.54) is 0 Å². The Hall–Kier alpha value is -1.92. The van der Waals surface area contributed by atoms with Crippen molar-refractivity contribution in [2.24, 2.45) is 10.8 Å². The number of ether oxygens (including phenoxy) is 2. The van der Waals surface area contributed by atoms with Crippen LogP contribution in [0.15, 0.2) is 45.2 Å². The molecule has 0 N–H and O–H groups in total. The highest BCUT2D eigenvalue weighted by Crippen LogP contribution is 2.55. The molecule has 36 heavy (non-hydrogen) atoms. The molecule has 0 bridgehead atoms. The number of ketones is 2. The smallest absolute Gasteiger partial charge is 0.162 e. The molecule has 0 radical (unpaired) electrons. The summed E-state index contributed by atoms with van der Waals surface area (Å²) in [6, 6.07) is 5.98. The van der Waals surface area contributed by atoms with Gasteiger partial charge in [-0.15, -0.1) is 0 Å². The van der Waals surface area contributed by atoms with Crippen LogP contribution in [-0.2, 0) is 14.3 Å². The fraction of sp³-hybridized carbons (Fsp3) is 0.600. The van der Waals surface area contributed by atoms with Gasteiger partial charge >= 0.3 is 0 Å². The average Bonchev–Trinajstić information content (AvgIpc) is 2.77. The molecule has 0 atom stereocenters. The number of carbonyl (C=O) groups is 2. The third-order valence-electron chi connectivity index (χ3n) is 7.50. The molecular formula is C30H40BrNO4. The summed E-state index contributed by atoms with van der Waals surface area (Å²) in [7, 11) is 1.72. The number of methoxy groups -OCH3 is 1. The summed E-state index contributed by atoms with van der Waals surface area (Å²) in [6.45, 7) is 12.7. The molecule has 2 aliphatic carbocycles. The second-order valence-corrected chi connectivity index (χ2v) is 13.0. The van der Waals surface area contributed by atoms with E-state index in [0.29, 0.717) is 26.1 Å². The average molecular weight is 559 g/mol. The van der Waals surface area contributed by atoms with Crippen LogP contribution in [0.25, 0.3) is 0 Å². The van der Waals surface area contributed by atoms with Crippen molar-refractivity contribution in [1.82, 2.24) is 4.90 Å². The van der Waals surface area contributed by atoms with Gasteiger partial charge in [0.05, 0.1) is 6.61 Å². The summed E-state index contributed by atoms with van der Waals surface area (Å²) in [4.78, 5) is 30.2. The second kappa shape index (κ2) is 10.4. The topological polar surface area (TPSA) is 55.8 Å². The first-order chi connectivity index (χ1) is 17.0. The van der Waals surface area contributed by atoms with Gasteiger partial charge in [0.1, 0.15) is 5.75 Å². The highest BCUT2D eigenvalue weighted by Gasteiger charge is 2.49. The highest BCUT2D eigenvalue weighted by atomic mass is 79.9. The van der Waals surface area contributed by atoms with Gasteiger partial charge in [-0.05, 0) is 54.7 Å². The highest BCUT2D eigenvalue weighted by molar-refractivity contribution is 9.10. The van der Waals surface area contributed by atoms with Crippen LogP contribution in [0.4, 0.5) is 0 Å². The minimum Gasteiger partial charge on any atom is -0.493 e. The van der Waals surface area contributed by atoms with Crippen LogP contribution < -0.4 is 4.74 Å². The Morgan fingerprint density at radius 3 is 2.06 bits per heavy atom. The standard InChI is InChI=1S/C30H40BrNO4/c1-7-12-36-25-10-9-19(31)14-20(25)26-27-21(15-29(2,3)17-23(27)33)32(11-8-13-35-6)22-16-30(4,5)18-24(34)28(22)26/h9-10,14,26H,7-8,11-13,15-18H2,1-6H3. The van der Waals surface area contributed by atoms with Crippen molar-refractivity contribution in [2.75, 3.05) is 26.9 Å². The Morgan fingerprint density at radius 1 is 0.944 bits per heavy atom. The number of Topliss-reactive ketones (excluding diaryl/α,β-unsaturated/α-hetero) is 2.